The van der Waals surface area contributed by atoms with E-state index in [4.69, 9.17) is 22.8 Å². The molecule has 0 N–H and O–H groups in total. The Hall–Kier alpha value is 0.0738. The molecule has 9 nitrogen and oxygen atoms in total. The molecule has 0 aromatic heterocycles. The van der Waals surface area contributed by atoms with Gasteiger partial charge in [0.2, 0.25) is 0 Å². The van der Waals surface area contributed by atoms with E-state index in [1.165, 1.54) is 71.4 Å². The van der Waals surface area contributed by atoms with Crippen molar-refractivity contribution < 1.29 is 22.8 Å². The molecular formula is C28H64N4O5Si2. The Balaban J connectivity index is 0.000000391. The summed E-state index contributed by atoms with van der Waals surface area (Å²) >= 11 is 0. The van der Waals surface area contributed by atoms with E-state index in [1.54, 1.807) is 0 Å². The molecule has 0 aromatic rings. The summed E-state index contributed by atoms with van der Waals surface area (Å²) in [5.41, 5.74) is -0.244. The molecule has 0 unspecified atom stereocenters. The molecule has 0 bridgehead atoms. The molecule has 0 saturated carbocycles. The molecule has 39 heavy (non-hydrogen) atoms. The van der Waals surface area contributed by atoms with Crippen LogP contribution in [0.15, 0.2) is 0 Å². The summed E-state index contributed by atoms with van der Waals surface area (Å²) in [4.78, 5) is 9.92. The molecule has 2 aliphatic heterocycles. The highest BCUT2D eigenvalue weighted by atomic mass is 28.4. The zero-order valence-corrected chi connectivity index (χ0v) is 29.4. The van der Waals surface area contributed by atoms with Gasteiger partial charge in [-0.2, -0.15) is 0 Å². The van der Waals surface area contributed by atoms with Crippen LogP contribution >= 0.6 is 0 Å². The zero-order valence-electron chi connectivity index (χ0n) is 27.0. The number of ether oxygens (including phenoxy) is 2. The lowest BCUT2D eigenvalue weighted by molar-refractivity contribution is -0.163. The quantitative estimate of drug-likeness (QED) is 0.128. The monoisotopic (exact) mass is 592 g/mol. The molecule has 2 fully saturated rings. The normalized spacial score (nSPS) is 19.1. The molecule has 2 saturated heterocycles. The van der Waals surface area contributed by atoms with Crippen LogP contribution in [0.4, 0.5) is 0 Å². The summed E-state index contributed by atoms with van der Waals surface area (Å²) in [5, 5.41) is 0. The smallest absolute Gasteiger partial charge is 0.374 e. The van der Waals surface area contributed by atoms with Gasteiger partial charge in [0.25, 0.3) is 0 Å². The van der Waals surface area contributed by atoms with Gasteiger partial charge < -0.3 is 42.4 Å². The third kappa shape index (κ3) is 16.3. The first-order valence-corrected chi connectivity index (χ1v) is 19.4. The van der Waals surface area contributed by atoms with E-state index >= 15 is 0 Å². The van der Waals surface area contributed by atoms with Crippen LogP contribution in [0.1, 0.15) is 54.4 Å². The Morgan fingerprint density at radius 2 is 1.03 bits per heavy atom. The van der Waals surface area contributed by atoms with E-state index in [1.807, 2.05) is 20.8 Å². The molecule has 11 heteroatoms. The maximum absolute atomic E-state index is 5.88. The molecule has 2 rings (SSSR count). The molecular weight excluding hydrogens is 529 g/mol. The number of rotatable bonds is 19. The number of piperazine rings is 2. The molecule has 0 aliphatic carbocycles. The summed E-state index contributed by atoms with van der Waals surface area (Å²) < 4.78 is 29.2. The Morgan fingerprint density at radius 3 is 1.41 bits per heavy atom. The predicted molar refractivity (Wildman–Crippen MR) is 168 cm³/mol. The zero-order chi connectivity index (χ0) is 29.0. The van der Waals surface area contributed by atoms with E-state index in [-0.39, 0.29) is 14.9 Å². The molecule has 2 aliphatic rings. The lowest BCUT2D eigenvalue weighted by atomic mass is 10.3. The first kappa shape index (κ1) is 37.1. The third-order valence-electron chi connectivity index (χ3n) is 7.50. The fraction of sp³-hybridized carbons (Fsp3) is 1.00. The van der Waals surface area contributed by atoms with Crippen LogP contribution in [-0.2, 0) is 22.8 Å². The van der Waals surface area contributed by atoms with Gasteiger partial charge in [0.05, 0.1) is 9.52 Å². The van der Waals surface area contributed by atoms with E-state index in [2.05, 4.69) is 54.5 Å². The van der Waals surface area contributed by atoms with Gasteiger partial charge in [-0.05, 0) is 81.6 Å². The lowest BCUT2D eigenvalue weighted by Crippen LogP contribution is -2.48. The standard InChI is InChI=1S/C14H32N2O3Si.C14H32N2O2Si/c1-5-17-20(18-6-2,19-7-3)14-8-9-16-12-10-15(4)11-13-16;1-5-17-14(3,18-6-2)19-13-7-8-16-11-9-15(4)10-12-16/h5-14H2,1-4H3;5-13,19H2,1-4H3. The molecule has 0 atom stereocenters. The van der Waals surface area contributed by atoms with Crippen molar-refractivity contribution in [3.05, 3.63) is 0 Å². The van der Waals surface area contributed by atoms with E-state index in [9.17, 15) is 0 Å². The number of likely N-dealkylation sites (N-methyl/N-ethyl adjacent to an activating group) is 2. The van der Waals surface area contributed by atoms with Crippen LogP contribution in [0.3, 0.4) is 0 Å². The second-order valence-corrected chi connectivity index (χ2v) is 16.1. The van der Waals surface area contributed by atoms with Crippen LogP contribution in [0.2, 0.25) is 12.1 Å². The fourth-order valence-electron chi connectivity index (χ4n) is 5.24. The van der Waals surface area contributed by atoms with Crippen molar-refractivity contribution in [3.63, 3.8) is 0 Å². The lowest BCUT2D eigenvalue weighted by Gasteiger charge is -2.33. The van der Waals surface area contributed by atoms with Gasteiger partial charge in [0.1, 0.15) is 5.41 Å². The van der Waals surface area contributed by atoms with E-state index in [0.717, 1.165) is 32.2 Å². The fourth-order valence-corrected chi connectivity index (χ4v) is 9.65. The summed E-state index contributed by atoms with van der Waals surface area (Å²) in [6, 6.07) is 2.23. The minimum atomic E-state index is -2.43. The average Bonchev–Trinajstić information content (AvgIpc) is 2.90. The highest BCUT2D eigenvalue weighted by Gasteiger charge is 2.39. The predicted octanol–water partition coefficient (Wildman–Crippen LogP) is 2.63. The number of nitrogens with zero attached hydrogens (tertiary/aromatic N) is 4. The first-order chi connectivity index (χ1) is 18.7. The molecule has 0 radical (unpaired) electrons. The molecule has 234 valence electrons. The third-order valence-corrected chi connectivity index (χ3v) is 12.8. The number of hydrogen-bond acceptors (Lipinski definition) is 9. The highest BCUT2D eigenvalue weighted by molar-refractivity contribution is 6.60. The van der Waals surface area contributed by atoms with Crippen molar-refractivity contribution >= 4 is 18.3 Å². The largest absolute Gasteiger partial charge is 0.500 e. The molecule has 2 heterocycles. The van der Waals surface area contributed by atoms with Crippen LogP contribution in [-0.4, -0.2) is 156 Å². The van der Waals surface area contributed by atoms with Crippen molar-refractivity contribution in [3.8, 4) is 0 Å². The SMILES string of the molecule is CCOC(C)(OCC)[SiH2]CCCN1CCN(C)CC1.CCO[Si](CCCN1CCN(C)CC1)(OCC)OCC. The minimum Gasteiger partial charge on any atom is -0.374 e. The van der Waals surface area contributed by atoms with Crippen LogP contribution in [0.25, 0.3) is 0 Å². The maximum atomic E-state index is 5.88. The Morgan fingerprint density at radius 1 is 0.615 bits per heavy atom. The second kappa shape index (κ2) is 21.7. The second-order valence-electron chi connectivity index (χ2n) is 10.8. The Labute approximate surface area is 245 Å². The summed E-state index contributed by atoms with van der Waals surface area (Å²) in [6.45, 7) is 27.7. The van der Waals surface area contributed by atoms with E-state index < -0.39 is 8.80 Å². The van der Waals surface area contributed by atoms with Gasteiger partial charge >= 0.3 is 8.80 Å². The van der Waals surface area contributed by atoms with Crippen LogP contribution < -0.4 is 0 Å². The number of hydrogen-bond donors (Lipinski definition) is 0. The molecule has 0 aromatic carbocycles. The summed E-state index contributed by atoms with van der Waals surface area (Å²) in [6.07, 6.45) is 2.39. The average molecular weight is 593 g/mol. The van der Waals surface area contributed by atoms with Gasteiger partial charge in [0.15, 0.2) is 0 Å². The van der Waals surface area contributed by atoms with Crippen molar-refractivity contribution in [2.75, 3.05) is 113 Å². The van der Waals surface area contributed by atoms with Crippen molar-refractivity contribution in [2.24, 2.45) is 0 Å². The van der Waals surface area contributed by atoms with Gasteiger partial charge in [-0.25, -0.2) is 0 Å². The summed E-state index contributed by atoms with van der Waals surface area (Å²) in [7, 11) is 1.63. The van der Waals surface area contributed by atoms with Gasteiger partial charge in [-0.15, -0.1) is 0 Å². The van der Waals surface area contributed by atoms with Crippen LogP contribution in [0, 0.1) is 0 Å². The van der Waals surface area contributed by atoms with Gasteiger partial charge in [0, 0.05) is 91.4 Å². The van der Waals surface area contributed by atoms with E-state index in [0.29, 0.717) is 19.8 Å². The van der Waals surface area contributed by atoms with Crippen molar-refractivity contribution in [1.29, 1.82) is 0 Å². The van der Waals surface area contributed by atoms with Gasteiger partial charge in [-0.3, -0.25) is 0 Å². The Kier molecular flexibility index (Phi) is 20.7. The topological polar surface area (TPSA) is 59.1 Å². The van der Waals surface area contributed by atoms with Crippen molar-refractivity contribution in [1.82, 2.24) is 19.6 Å². The molecule has 0 amide bonds. The van der Waals surface area contributed by atoms with Crippen LogP contribution in [0.5, 0.6) is 0 Å². The first-order valence-electron chi connectivity index (χ1n) is 15.8. The summed E-state index contributed by atoms with van der Waals surface area (Å²) in [5.74, 6) is 0. The molecule has 0 spiro atoms. The highest BCUT2D eigenvalue weighted by Crippen LogP contribution is 2.19. The Bertz CT molecular complexity index is 557. The van der Waals surface area contributed by atoms with Gasteiger partial charge in [-0.1, -0.05) is 6.04 Å². The maximum Gasteiger partial charge on any atom is 0.500 e. The van der Waals surface area contributed by atoms with Crippen molar-refractivity contribution in [2.45, 2.75) is 71.9 Å². The minimum absolute atomic E-state index is 0.244.